The van der Waals surface area contributed by atoms with E-state index in [0.717, 1.165) is 53.0 Å². The van der Waals surface area contributed by atoms with Crippen LogP contribution in [0.5, 0.6) is 0 Å². The van der Waals surface area contributed by atoms with Gasteiger partial charge in [-0.1, -0.05) is 36.4 Å². The van der Waals surface area contributed by atoms with E-state index < -0.39 is 11.0 Å². The fraction of sp³-hybridized carbons (Fsp3) is 0.455. The number of carbonyl (C=O) groups is 3. The van der Waals surface area contributed by atoms with Gasteiger partial charge in [0.25, 0.3) is 5.91 Å². The number of anilines is 1. The number of piperazine rings is 1. The first-order chi connectivity index (χ1) is 19.8. The number of benzene rings is 2. The van der Waals surface area contributed by atoms with Gasteiger partial charge in [-0.25, -0.2) is 4.98 Å². The van der Waals surface area contributed by atoms with Crippen molar-refractivity contribution in [1.82, 2.24) is 9.88 Å². The summed E-state index contributed by atoms with van der Waals surface area (Å²) in [6.45, 7) is 8.91. The zero-order chi connectivity index (χ0) is 30.3. The SMILES string of the molecule is CN(C(=O)C1(CC(=O)OC(C)(C)C)Cc2ccccc2C1)c1nc(-c2ccc(C(=O)N3CC[N+](C)(C)CC3)cc2)cs1. The molecule has 8 nitrogen and oxygen atoms in total. The Bertz CT molecular complexity index is 1450. The van der Waals surface area contributed by atoms with Gasteiger partial charge in [0.2, 0.25) is 5.91 Å². The molecule has 2 aromatic carbocycles. The lowest BCUT2D eigenvalue weighted by Gasteiger charge is -2.39. The fourth-order valence-electron chi connectivity index (χ4n) is 5.87. The van der Waals surface area contributed by atoms with E-state index in [4.69, 9.17) is 9.72 Å². The Morgan fingerprint density at radius 1 is 1.00 bits per heavy atom. The Labute approximate surface area is 252 Å². The normalized spacial score (nSPS) is 17.4. The van der Waals surface area contributed by atoms with E-state index in [2.05, 4.69) is 14.1 Å². The van der Waals surface area contributed by atoms with Crippen LogP contribution in [0.25, 0.3) is 11.3 Å². The highest BCUT2D eigenvalue weighted by Gasteiger charge is 2.48. The van der Waals surface area contributed by atoms with Gasteiger partial charge in [0, 0.05) is 23.6 Å². The molecule has 5 rings (SSSR count). The lowest BCUT2D eigenvalue weighted by Crippen LogP contribution is -2.56. The van der Waals surface area contributed by atoms with Crippen molar-refractivity contribution in [1.29, 1.82) is 0 Å². The average Bonchev–Trinajstić information content (AvgIpc) is 3.56. The standard InChI is InChI=1S/C33H41N4O4S/c1-32(2,3)41-28(38)21-33(19-25-9-7-8-10-26(25)20-33)30(40)35(4)31-34-27(22-42-31)23-11-13-24(14-12-23)29(39)36-15-17-37(5,6)18-16-36/h7-14,22H,15-21H2,1-6H3/q+1. The quantitative estimate of drug-likeness (QED) is 0.304. The summed E-state index contributed by atoms with van der Waals surface area (Å²) in [5, 5.41) is 2.48. The zero-order valence-electron chi connectivity index (χ0n) is 25.5. The van der Waals surface area contributed by atoms with Crippen molar-refractivity contribution >= 4 is 34.3 Å². The van der Waals surface area contributed by atoms with Crippen molar-refractivity contribution in [2.75, 3.05) is 52.2 Å². The number of fused-ring (bicyclic) bond motifs is 1. The lowest BCUT2D eigenvalue weighted by molar-refractivity contribution is -0.894. The van der Waals surface area contributed by atoms with Crippen molar-refractivity contribution in [3.63, 3.8) is 0 Å². The van der Waals surface area contributed by atoms with Crippen molar-refractivity contribution in [3.8, 4) is 11.3 Å². The van der Waals surface area contributed by atoms with E-state index in [1.54, 1.807) is 11.9 Å². The molecule has 1 saturated heterocycles. The zero-order valence-corrected chi connectivity index (χ0v) is 26.3. The van der Waals surface area contributed by atoms with Crippen LogP contribution < -0.4 is 4.90 Å². The molecule has 0 spiro atoms. The molecule has 0 N–H and O–H groups in total. The van der Waals surface area contributed by atoms with Crippen LogP contribution in [0.4, 0.5) is 5.13 Å². The second-order valence-corrected chi connectivity index (χ2v) is 14.1. The van der Waals surface area contributed by atoms with Gasteiger partial charge in [-0.05, 0) is 56.9 Å². The summed E-state index contributed by atoms with van der Waals surface area (Å²) < 4.78 is 6.58. The van der Waals surface area contributed by atoms with Crippen molar-refractivity contribution in [2.24, 2.45) is 5.41 Å². The molecule has 1 aromatic heterocycles. The number of rotatable bonds is 6. The van der Waals surface area contributed by atoms with Gasteiger partial charge in [-0.2, -0.15) is 0 Å². The number of likely N-dealkylation sites (N-methyl/N-ethyl adjacent to an activating group) is 1. The minimum Gasteiger partial charge on any atom is -0.460 e. The molecule has 0 unspecified atom stereocenters. The highest BCUT2D eigenvalue weighted by Crippen LogP contribution is 2.43. The van der Waals surface area contributed by atoms with Crippen LogP contribution >= 0.6 is 11.3 Å². The summed E-state index contributed by atoms with van der Waals surface area (Å²) in [5.41, 5.74) is 2.89. The lowest BCUT2D eigenvalue weighted by atomic mass is 9.80. The van der Waals surface area contributed by atoms with Gasteiger partial charge in [0.05, 0.1) is 57.8 Å². The summed E-state index contributed by atoms with van der Waals surface area (Å²) in [6, 6.07) is 15.5. The van der Waals surface area contributed by atoms with E-state index in [9.17, 15) is 14.4 Å². The van der Waals surface area contributed by atoms with E-state index in [1.165, 1.54) is 11.3 Å². The van der Waals surface area contributed by atoms with Crippen LogP contribution in [0, 0.1) is 5.41 Å². The summed E-state index contributed by atoms with van der Waals surface area (Å²) in [6.07, 6.45) is 0.961. The molecular weight excluding hydrogens is 548 g/mol. The van der Waals surface area contributed by atoms with Crippen LogP contribution in [0.1, 0.15) is 48.7 Å². The molecule has 1 fully saturated rings. The third-order valence-electron chi connectivity index (χ3n) is 8.28. The highest BCUT2D eigenvalue weighted by molar-refractivity contribution is 7.14. The van der Waals surface area contributed by atoms with Gasteiger partial charge in [0.15, 0.2) is 5.13 Å². The van der Waals surface area contributed by atoms with Crippen LogP contribution in [-0.4, -0.2) is 85.1 Å². The van der Waals surface area contributed by atoms with Gasteiger partial charge >= 0.3 is 5.97 Å². The molecule has 1 aliphatic carbocycles. The molecule has 3 aromatic rings. The molecule has 42 heavy (non-hydrogen) atoms. The minimum absolute atomic E-state index is 0.00335. The highest BCUT2D eigenvalue weighted by atomic mass is 32.1. The Morgan fingerprint density at radius 2 is 1.60 bits per heavy atom. The number of aromatic nitrogens is 1. The maximum atomic E-state index is 14.1. The Morgan fingerprint density at radius 3 is 2.17 bits per heavy atom. The Kier molecular flexibility index (Phi) is 8.02. The number of quaternary nitrogens is 1. The first-order valence-corrected chi connectivity index (χ1v) is 15.4. The first-order valence-electron chi connectivity index (χ1n) is 14.5. The molecule has 0 bridgehead atoms. The van der Waals surface area contributed by atoms with Crippen molar-refractivity contribution in [2.45, 2.75) is 45.6 Å². The summed E-state index contributed by atoms with van der Waals surface area (Å²) >= 11 is 1.38. The fourth-order valence-corrected chi connectivity index (χ4v) is 6.67. The maximum Gasteiger partial charge on any atom is 0.307 e. The minimum atomic E-state index is -0.933. The second kappa shape index (κ2) is 11.3. The van der Waals surface area contributed by atoms with E-state index in [1.807, 2.05) is 79.6 Å². The number of amides is 2. The van der Waals surface area contributed by atoms with Crippen molar-refractivity contribution < 1.29 is 23.6 Å². The molecule has 1 aliphatic heterocycles. The third-order valence-corrected chi connectivity index (χ3v) is 9.20. The predicted molar refractivity (Wildman–Crippen MR) is 165 cm³/mol. The van der Waals surface area contributed by atoms with Crippen LogP contribution in [0.2, 0.25) is 0 Å². The van der Waals surface area contributed by atoms with Gasteiger partial charge in [-0.15, -0.1) is 11.3 Å². The molecule has 0 atom stereocenters. The van der Waals surface area contributed by atoms with E-state index in [0.29, 0.717) is 23.5 Å². The van der Waals surface area contributed by atoms with E-state index >= 15 is 0 Å². The number of nitrogens with zero attached hydrogens (tertiary/aromatic N) is 4. The topological polar surface area (TPSA) is 79.8 Å². The maximum absolute atomic E-state index is 14.1. The number of esters is 1. The number of ether oxygens (including phenoxy) is 1. The molecule has 9 heteroatoms. The largest absolute Gasteiger partial charge is 0.460 e. The molecule has 0 saturated carbocycles. The molecule has 2 aliphatic rings. The number of thiazole rings is 1. The number of carbonyl (C=O) groups excluding carboxylic acids is 3. The van der Waals surface area contributed by atoms with Crippen LogP contribution in [0.3, 0.4) is 0 Å². The van der Waals surface area contributed by atoms with Gasteiger partial charge in [-0.3, -0.25) is 19.3 Å². The molecular formula is C33H41N4O4S+. The summed E-state index contributed by atoms with van der Waals surface area (Å²) in [7, 11) is 6.11. The molecule has 222 valence electrons. The number of hydrogen-bond donors (Lipinski definition) is 0. The van der Waals surface area contributed by atoms with Gasteiger partial charge in [0.1, 0.15) is 5.60 Å². The molecule has 2 heterocycles. The second-order valence-electron chi connectivity index (χ2n) is 13.3. The summed E-state index contributed by atoms with van der Waals surface area (Å²) in [4.78, 5) is 48.5. The first kappa shape index (κ1) is 29.9. The Balaban J connectivity index is 1.32. The third kappa shape index (κ3) is 6.42. The van der Waals surface area contributed by atoms with Crippen molar-refractivity contribution in [3.05, 3.63) is 70.6 Å². The molecule has 2 amide bonds. The van der Waals surface area contributed by atoms with Crippen LogP contribution in [0.15, 0.2) is 53.9 Å². The smallest absolute Gasteiger partial charge is 0.307 e. The van der Waals surface area contributed by atoms with E-state index in [-0.39, 0.29) is 24.2 Å². The van der Waals surface area contributed by atoms with Gasteiger partial charge < -0.3 is 14.1 Å². The Hall–Kier alpha value is -3.56. The average molecular weight is 590 g/mol. The predicted octanol–water partition coefficient (Wildman–Crippen LogP) is 4.82. The monoisotopic (exact) mass is 589 g/mol. The van der Waals surface area contributed by atoms with Crippen LogP contribution in [-0.2, 0) is 27.2 Å². The molecule has 0 radical (unpaired) electrons. The summed E-state index contributed by atoms with van der Waals surface area (Å²) in [5.74, 6) is -0.466. The number of hydrogen-bond acceptors (Lipinski definition) is 6.